The molecule has 0 aromatic heterocycles. The van der Waals surface area contributed by atoms with E-state index in [1.807, 2.05) is 13.8 Å². The van der Waals surface area contributed by atoms with Crippen LogP contribution in [-0.4, -0.2) is 18.6 Å². The number of hydrogen-bond donors (Lipinski definition) is 1. The Hall–Kier alpha value is -0.570. The fourth-order valence-corrected chi connectivity index (χ4v) is 1.96. The fraction of sp³-hybridized carbons (Fsp3) is 0.909. The lowest BCUT2D eigenvalue weighted by atomic mass is 9.82. The Morgan fingerprint density at radius 1 is 1.36 bits per heavy atom. The van der Waals surface area contributed by atoms with E-state index in [4.69, 9.17) is 10.5 Å². The summed E-state index contributed by atoms with van der Waals surface area (Å²) in [7, 11) is 0. The molecule has 82 valence electrons. The van der Waals surface area contributed by atoms with Gasteiger partial charge in [0.05, 0.1) is 12.0 Å². The van der Waals surface area contributed by atoms with Gasteiger partial charge in [0, 0.05) is 0 Å². The summed E-state index contributed by atoms with van der Waals surface area (Å²) < 4.78 is 5.19. The molecule has 3 nitrogen and oxygen atoms in total. The molecule has 1 aliphatic carbocycles. The molecule has 3 heteroatoms. The lowest BCUT2D eigenvalue weighted by molar-refractivity contribution is -0.153. The van der Waals surface area contributed by atoms with Crippen molar-refractivity contribution in [1.29, 1.82) is 0 Å². The van der Waals surface area contributed by atoms with Crippen LogP contribution >= 0.6 is 0 Å². The Morgan fingerprint density at radius 2 is 1.93 bits per heavy atom. The maximum Gasteiger partial charge on any atom is 0.309 e. The number of carbonyl (C=O) groups is 1. The van der Waals surface area contributed by atoms with Crippen molar-refractivity contribution < 1.29 is 9.53 Å². The van der Waals surface area contributed by atoms with Crippen molar-refractivity contribution >= 4 is 5.97 Å². The Balaban J connectivity index is 2.30. The van der Waals surface area contributed by atoms with Crippen LogP contribution in [0.3, 0.4) is 0 Å². The van der Waals surface area contributed by atoms with E-state index in [-0.39, 0.29) is 18.0 Å². The monoisotopic (exact) mass is 199 g/mol. The summed E-state index contributed by atoms with van der Waals surface area (Å²) in [5, 5.41) is 0. The van der Waals surface area contributed by atoms with E-state index in [1.54, 1.807) is 0 Å². The highest BCUT2D eigenvalue weighted by Gasteiger charge is 2.26. The largest absolute Gasteiger partial charge is 0.463 e. The van der Waals surface area contributed by atoms with E-state index < -0.39 is 0 Å². The molecule has 0 atom stereocenters. The maximum atomic E-state index is 11.6. The molecular formula is C11H21NO2. The van der Waals surface area contributed by atoms with Crippen LogP contribution in [-0.2, 0) is 9.53 Å². The molecule has 0 radical (unpaired) electrons. The highest BCUT2D eigenvalue weighted by molar-refractivity contribution is 5.72. The molecule has 0 saturated heterocycles. The van der Waals surface area contributed by atoms with Crippen LogP contribution in [0.25, 0.3) is 0 Å². The summed E-state index contributed by atoms with van der Waals surface area (Å²) in [5.74, 6) is 0.730. The van der Waals surface area contributed by atoms with Crippen LogP contribution in [0, 0.1) is 11.8 Å². The molecule has 1 saturated carbocycles. The first-order valence-electron chi connectivity index (χ1n) is 5.54. The van der Waals surface area contributed by atoms with Crippen LogP contribution in [0.1, 0.15) is 39.5 Å². The van der Waals surface area contributed by atoms with Crippen LogP contribution in [0.2, 0.25) is 0 Å². The van der Waals surface area contributed by atoms with Gasteiger partial charge in [-0.2, -0.15) is 0 Å². The Morgan fingerprint density at radius 3 is 2.36 bits per heavy atom. The maximum absolute atomic E-state index is 11.6. The lowest BCUT2D eigenvalue weighted by Crippen LogP contribution is -2.28. The standard InChI is InChI=1S/C11H21NO2/c1-8(2)14-11(13)10-5-3-9(7-12)4-6-10/h8-10H,3-7,12H2,1-2H3. The second-order valence-corrected chi connectivity index (χ2v) is 4.44. The molecule has 14 heavy (non-hydrogen) atoms. The van der Waals surface area contributed by atoms with Crippen molar-refractivity contribution in [1.82, 2.24) is 0 Å². The lowest BCUT2D eigenvalue weighted by Gasteiger charge is -2.26. The van der Waals surface area contributed by atoms with Crippen LogP contribution < -0.4 is 5.73 Å². The van der Waals surface area contributed by atoms with Gasteiger partial charge in [-0.1, -0.05) is 0 Å². The molecule has 0 heterocycles. The quantitative estimate of drug-likeness (QED) is 0.704. The molecule has 0 bridgehead atoms. The van der Waals surface area contributed by atoms with Gasteiger partial charge in [0.2, 0.25) is 0 Å². The molecule has 0 amide bonds. The fourth-order valence-electron chi connectivity index (χ4n) is 1.96. The second kappa shape index (κ2) is 5.35. The van der Waals surface area contributed by atoms with Crippen molar-refractivity contribution in [3.05, 3.63) is 0 Å². The van der Waals surface area contributed by atoms with E-state index in [0.717, 1.165) is 32.2 Å². The van der Waals surface area contributed by atoms with E-state index in [2.05, 4.69) is 0 Å². The van der Waals surface area contributed by atoms with Crippen molar-refractivity contribution in [3.63, 3.8) is 0 Å². The zero-order chi connectivity index (χ0) is 10.6. The van der Waals surface area contributed by atoms with E-state index in [0.29, 0.717) is 5.92 Å². The van der Waals surface area contributed by atoms with Gasteiger partial charge in [0.25, 0.3) is 0 Å². The Labute approximate surface area is 86.0 Å². The van der Waals surface area contributed by atoms with Gasteiger partial charge in [0.15, 0.2) is 0 Å². The minimum absolute atomic E-state index is 0.00901. The Bertz CT molecular complexity index is 184. The number of carbonyl (C=O) groups excluding carboxylic acids is 1. The highest BCUT2D eigenvalue weighted by Crippen LogP contribution is 2.29. The molecular weight excluding hydrogens is 178 g/mol. The number of nitrogens with two attached hydrogens (primary N) is 1. The summed E-state index contributed by atoms with van der Waals surface area (Å²) in [6, 6.07) is 0. The van der Waals surface area contributed by atoms with Gasteiger partial charge >= 0.3 is 5.97 Å². The SMILES string of the molecule is CC(C)OC(=O)C1CCC(CN)CC1. The summed E-state index contributed by atoms with van der Waals surface area (Å²) in [5.41, 5.74) is 5.59. The summed E-state index contributed by atoms with van der Waals surface area (Å²) in [4.78, 5) is 11.6. The molecule has 0 aromatic rings. The number of esters is 1. The molecule has 0 aliphatic heterocycles. The predicted octanol–water partition coefficient (Wildman–Crippen LogP) is 1.70. The molecule has 0 spiro atoms. The minimum atomic E-state index is -0.0181. The van der Waals surface area contributed by atoms with Gasteiger partial charge < -0.3 is 10.5 Å². The summed E-state index contributed by atoms with van der Waals surface area (Å²) in [6.45, 7) is 4.54. The van der Waals surface area contributed by atoms with Gasteiger partial charge in [-0.3, -0.25) is 4.79 Å². The van der Waals surface area contributed by atoms with Crippen molar-refractivity contribution in [3.8, 4) is 0 Å². The first kappa shape index (κ1) is 11.5. The average molecular weight is 199 g/mol. The number of hydrogen-bond acceptors (Lipinski definition) is 3. The van der Waals surface area contributed by atoms with Crippen LogP contribution in [0.4, 0.5) is 0 Å². The highest BCUT2D eigenvalue weighted by atomic mass is 16.5. The van der Waals surface area contributed by atoms with Crippen LogP contribution in [0.5, 0.6) is 0 Å². The van der Waals surface area contributed by atoms with Crippen LogP contribution in [0.15, 0.2) is 0 Å². The normalized spacial score (nSPS) is 27.7. The molecule has 0 aromatic carbocycles. The topological polar surface area (TPSA) is 52.3 Å². The summed E-state index contributed by atoms with van der Waals surface area (Å²) >= 11 is 0. The molecule has 2 N–H and O–H groups in total. The van der Waals surface area contributed by atoms with Gasteiger partial charge in [-0.05, 0) is 52.0 Å². The second-order valence-electron chi connectivity index (χ2n) is 4.44. The molecule has 0 unspecified atom stereocenters. The Kier molecular flexibility index (Phi) is 4.39. The molecule has 1 rings (SSSR count). The number of ether oxygens (including phenoxy) is 1. The first-order chi connectivity index (χ1) is 6.63. The first-order valence-corrected chi connectivity index (χ1v) is 5.54. The smallest absolute Gasteiger partial charge is 0.309 e. The third kappa shape index (κ3) is 3.29. The van der Waals surface area contributed by atoms with Crippen molar-refractivity contribution in [2.45, 2.75) is 45.6 Å². The third-order valence-electron chi connectivity index (χ3n) is 2.87. The zero-order valence-electron chi connectivity index (χ0n) is 9.16. The van der Waals surface area contributed by atoms with E-state index in [1.165, 1.54) is 0 Å². The molecule has 1 fully saturated rings. The van der Waals surface area contributed by atoms with Gasteiger partial charge in [-0.25, -0.2) is 0 Å². The zero-order valence-corrected chi connectivity index (χ0v) is 9.16. The van der Waals surface area contributed by atoms with Gasteiger partial charge in [0.1, 0.15) is 0 Å². The average Bonchev–Trinajstić information content (AvgIpc) is 2.17. The molecule has 1 aliphatic rings. The van der Waals surface area contributed by atoms with Crippen molar-refractivity contribution in [2.75, 3.05) is 6.54 Å². The predicted molar refractivity (Wildman–Crippen MR) is 55.7 cm³/mol. The van der Waals surface area contributed by atoms with Gasteiger partial charge in [-0.15, -0.1) is 0 Å². The van der Waals surface area contributed by atoms with Crippen molar-refractivity contribution in [2.24, 2.45) is 17.6 Å². The number of rotatable bonds is 3. The minimum Gasteiger partial charge on any atom is -0.463 e. The van der Waals surface area contributed by atoms with E-state index >= 15 is 0 Å². The third-order valence-corrected chi connectivity index (χ3v) is 2.87. The van der Waals surface area contributed by atoms with E-state index in [9.17, 15) is 4.79 Å². The summed E-state index contributed by atoms with van der Waals surface area (Å²) in [6.07, 6.45) is 4.07.